The van der Waals surface area contributed by atoms with Crippen LogP contribution in [0.1, 0.15) is 16.5 Å². The molecule has 1 atom stereocenters. The van der Waals surface area contributed by atoms with Gasteiger partial charge in [-0.2, -0.15) is 0 Å². The smallest absolute Gasteiger partial charge is 0.234 e. The molecule has 1 aliphatic heterocycles. The first-order valence-corrected chi connectivity index (χ1v) is 8.88. The van der Waals surface area contributed by atoms with Gasteiger partial charge in [-0.05, 0) is 23.8 Å². The molecule has 3 rings (SSSR count). The van der Waals surface area contributed by atoms with Crippen molar-refractivity contribution in [3.63, 3.8) is 0 Å². The van der Waals surface area contributed by atoms with Gasteiger partial charge in [-0.25, -0.2) is 0 Å². The van der Waals surface area contributed by atoms with Crippen LogP contribution in [0.2, 0.25) is 10.0 Å². The SMILES string of the molecule is COc1ccc(CN2C(=O)CSC2c2cccc(Cl)c2Cl)cc1. The summed E-state index contributed by atoms with van der Waals surface area (Å²) in [6.07, 6.45) is 0. The lowest BCUT2D eigenvalue weighted by atomic mass is 10.1. The van der Waals surface area contributed by atoms with E-state index in [1.165, 1.54) is 0 Å². The van der Waals surface area contributed by atoms with Crippen LogP contribution in [-0.2, 0) is 11.3 Å². The van der Waals surface area contributed by atoms with E-state index in [-0.39, 0.29) is 11.3 Å². The Labute approximate surface area is 149 Å². The van der Waals surface area contributed by atoms with E-state index in [9.17, 15) is 4.79 Å². The van der Waals surface area contributed by atoms with E-state index in [0.717, 1.165) is 16.9 Å². The summed E-state index contributed by atoms with van der Waals surface area (Å²) in [6, 6.07) is 13.2. The zero-order chi connectivity index (χ0) is 16.4. The lowest BCUT2D eigenvalue weighted by molar-refractivity contribution is -0.128. The Hall–Kier alpha value is -1.36. The van der Waals surface area contributed by atoms with Crippen LogP contribution in [0.4, 0.5) is 0 Å². The highest BCUT2D eigenvalue weighted by Crippen LogP contribution is 2.43. The standard InChI is InChI=1S/C17H15Cl2NO2S/c1-22-12-7-5-11(6-8-12)9-20-15(21)10-23-17(20)13-3-2-4-14(18)16(13)19/h2-8,17H,9-10H2,1H3. The molecule has 2 aromatic carbocycles. The average molecular weight is 368 g/mol. The second kappa shape index (κ2) is 7.04. The maximum absolute atomic E-state index is 12.3. The summed E-state index contributed by atoms with van der Waals surface area (Å²) in [6.45, 7) is 0.531. The first-order chi connectivity index (χ1) is 11.1. The summed E-state index contributed by atoms with van der Waals surface area (Å²) in [4.78, 5) is 14.1. The van der Waals surface area contributed by atoms with Crippen LogP contribution < -0.4 is 4.74 Å². The Morgan fingerprint density at radius 3 is 2.65 bits per heavy atom. The highest BCUT2D eigenvalue weighted by atomic mass is 35.5. The van der Waals surface area contributed by atoms with Gasteiger partial charge in [-0.1, -0.05) is 47.5 Å². The van der Waals surface area contributed by atoms with Crippen LogP contribution in [0.3, 0.4) is 0 Å². The molecule has 23 heavy (non-hydrogen) atoms. The summed E-state index contributed by atoms with van der Waals surface area (Å²) in [5.41, 5.74) is 1.92. The van der Waals surface area contributed by atoms with Crippen molar-refractivity contribution in [2.45, 2.75) is 11.9 Å². The van der Waals surface area contributed by atoms with Crippen LogP contribution in [0.25, 0.3) is 0 Å². The van der Waals surface area contributed by atoms with Gasteiger partial charge >= 0.3 is 0 Å². The zero-order valence-electron chi connectivity index (χ0n) is 12.5. The van der Waals surface area contributed by atoms with E-state index in [0.29, 0.717) is 22.3 Å². The summed E-state index contributed by atoms with van der Waals surface area (Å²) < 4.78 is 5.16. The summed E-state index contributed by atoms with van der Waals surface area (Å²) in [5, 5.41) is 0.908. The van der Waals surface area contributed by atoms with Gasteiger partial charge in [0.1, 0.15) is 11.1 Å². The maximum atomic E-state index is 12.3. The van der Waals surface area contributed by atoms with Crippen LogP contribution in [0, 0.1) is 0 Å². The fourth-order valence-electron chi connectivity index (χ4n) is 2.52. The Bertz CT molecular complexity index is 721. The number of thioether (sulfide) groups is 1. The van der Waals surface area contributed by atoms with E-state index in [4.69, 9.17) is 27.9 Å². The molecule has 0 aliphatic carbocycles. The van der Waals surface area contributed by atoms with Crippen molar-refractivity contribution in [3.05, 3.63) is 63.6 Å². The molecule has 0 N–H and O–H groups in total. The highest BCUT2D eigenvalue weighted by molar-refractivity contribution is 8.00. The van der Waals surface area contributed by atoms with E-state index >= 15 is 0 Å². The number of ether oxygens (including phenoxy) is 1. The van der Waals surface area contributed by atoms with E-state index in [2.05, 4.69) is 0 Å². The van der Waals surface area contributed by atoms with Gasteiger partial charge in [0.25, 0.3) is 0 Å². The number of hydrogen-bond donors (Lipinski definition) is 0. The molecule has 0 bridgehead atoms. The minimum Gasteiger partial charge on any atom is -0.497 e. The summed E-state index contributed by atoms with van der Waals surface area (Å²) >= 11 is 14.0. The van der Waals surface area contributed by atoms with Gasteiger partial charge in [-0.3, -0.25) is 4.79 Å². The number of amides is 1. The Morgan fingerprint density at radius 1 is 1.22 bits per heavy atom. The summed E-state index contributed by atoms with van der Waals surface area (Å²) in [7, 11) is 1.63. The molecule has 1 unspecified atom stereocenters. The highest BCUT2D eigenvalue weighted by Gasteiger charge is 2.34. The van der Waals surface area contributed by atoms with Gasteiger partial charge in [0, 0.05) is 12.1 Å². The number of benzene rings is 2. The molecule has 1 fully saturated rings. The largest absolute Gasteiger partial charge is 0.497 e. The van der Waals surface area contributed by atoms with Crippen molar-refractivity contribution in [1.82, 2.24) is 4.90 Å². The molecule has 0 radical (unpaired) electrons. The number of carbonyl (C=O) groups is 1. The van der Waals surface area contributed by atoms with Crippen LogP contribution in [0.5, 0.6) is 5.75 Å². The number of hydrogen-bond acceptors (Lipinski definition) is 3. The van der Waals surface area contributed by atoms with Gasteiger partial charge in [0.15, 0.2) is 0 Å². The number of nitrogens with zero attached hydrogens (tertiary/aromatic N) is 1. The third-order valence-corrected chi connectivity index (χ3v) is 5.80. The van der Waals surface area contributed by atoms with Crippen molar-refractivity contribution in [2.75, 3.05) is 12.9 Å². The topological polar surface area (TPSA) is 29.5 Å². The zero-order valence-corrected chi connectivity index (χ0v) is 14.8. The maximum Gasteiger partial charge on any atom is 0.234 e. The molecule has 6 heteroatoms. The lowest BCUT2D eigenvalue weighted by Gasteiger charge is -2.25. The number of methoxy groups -OCH3 is 1. The van der Waals surface area contributed by atoms with Gasteiger partial charge < -0.3 is 9.64 Å². The molecule has 2 aromatic rings. The fraction of sp³-hybridized carbons (Fsp3) is 0.235. The van der Waals surface area contributed by atoms with Crippen molar-refractivity contribution >= 4 is 40.9 Å². The molecular formula is C17H15Cl2NO2S. The summed E-state index contributed by atoms with van der Waals surface area (Å²) in [5.74, 6) is 1.35. The van der Waals surface area contributed by atoms with Gasteiger partial charge in [-0.15, -0.1) is 11.8 Å². The number of rotatable bonds is 4. The van der Waals surface area contributed by atoms with Crippen LogP contribution in [0.15, 0.2) is 42.5 Å². The third kappa shape index (κ3) is 3.44. The van der Waals surface area contributed by atoms with Gasteiger partial charge in [0.2, 0.25) is 5.91 Å². The van der Waals surface area contributed by atoms with Crippen molar-refractivity contribution < 1.29 is 9.53 Å². The fourth-order valence-corrected chi connectivity index (χ4v) is 4.21. The lowest BCUT2D eigenvalue weighted by Crippen LogP contribution is -2.27. The Balaban J connectivity index is 1.86. The second-order valence-corrected chi connectivity index (χ2v) is 7.03. The van der Waals surface area contributed by atoms with E-state index < -0.39 is 0 Å². The minimum absolute atomic E-state index is 0.104. The minimum atomic E-state index is -0.115. The van der Waals surface area contributed by atoms with Crippen LogP contribution in [-0.4, -0.2) is 23.7 Å². The molecule has 0 saturated carbocycles. The van der Waals surface area contributed by atoms with Crippen molar-refractivity contribution in [2.24, 2.45) is 0 Å². The Morgan fingerprint density at radius 2 is 1.96 bits per heavy atom. The molecule has 3 nitrogen and oxygen atoms in total. The second-order valence-electron chi connectivity index (χ2n) is 5.18. The molecule has 1 heterocycles. The molecule has 0 spiro atoms. The molecule has 0 aromatic heterocycles. The van der Waals surface area contributed by atoms with Crippen LogP contribution >= 0.6 is 35.0 Å². The molecule has 1 aliphatic rings. The predicted octanol–water partition coefficient (Wildman–Crippen LogP) is 4.78. The molecule has 1 saturated heterocycles. The predicted molar refractivity (Wildman–Crippen MR) is 95.2 cm³/mol. The first-order valence-electron chi connectivity index (χ1n) is 7.08. The van der Waals surface area contributed by atoms with Crippen molar-refractivity contribution in [3.8, 4) is 5.75 Å². The van der Waals surface area contributed by atoms with Crippen molar-refractivity contribution in [1.29, 1.82) is 0 Å². The molecule has 1 amide bonds. The average Bonchev–Trinajstić information content (AvgIpc) is 2.92. The quantitative estimate of drug-likeness (QED) is 0.778. The number of carbonyl (C=O) groups excluding carboxylic acids is 1. The monoisotopic (exact) mass is 367 g/mol. The molecular weight excluding hydrogens is 353 g/mol. The van der Waals surface area contributed by atoms with Gasteiger partial charge in [0.05, 0.1) is 22.9 Å². The number of halogens is 2. The Kier molecular flexibility index (Phi) is 5.05. The molecule has 120 valence electrons. The normalized spacial score (nSPS) is 17.6. The van der Waals surface area contributed by atoms with E-state index in [1.807, 2.05) is 41.3 Å². The third-order valence-electron chi connectivity index (χ3n) is 3.73. The first kappa shape index (κ1) is 16.5. The van der Waals surface area contributed by atoms with E-state index in [1.54, 1.807) is 24.9 Å².